The smallest absolute Gasteiger partial charge is 0.462 e. The Labute approximate surface area is 568 Å². The van der Waals surface area contributed by atoms with E-state index >= 15 is 0 Å². The first-order valence-electron chi connectivity index (χ1n) is 38.6. The number of hydrogen-bond acceptors (Lipinski definition) is 15. The van der Waals surface area contributed by atoms with Crippen molar-refractivity contribution in [1.29, 1.82) is 0 Å². The molecule has 0 spiro atoms. The monoisotopic (exact) mass is 1370 g/mol. The first kappa shape index (κ1) is 91.1. The molecule has 5 atom stereocenters. The number of carbonyl (C=O) groups is 4. The van der Waals surface area contributed by atoms with Crippen LogP contribution in [0.2, 0.25) is 0 Å². The molecule has 0 radical (unpaired) electrons. The van der Waals surface area contributed by atoms with E-state index in [0.717, 1.165) is 102 Å². The van der Waals surface area contributed by atoms with Crippen LogP contribution in [0, 0.1) is 5.92 Å². The number of aliphatic hydroxyl groups is 1. The van der Waals surface area contributed by atoms with Crippen molar-refractivity contribution in [2.75, 3.05) is 39.6 Å². The van der Waals surface area contributed by atoms with Crippen LogP contribution >= 0.6 is 15.6 Å². The van der Waals surface area contributed by atoms with Crippen molar-refractivity contribution in [2.24, 2.45) is 5.92 Å². The number of aliphatic hydroxyl groups excluding tert-OH is 1. The summed E-state index contributed by atoms with van der Waals surface area (Å²) >= 11 is 0. The summed E-state index contributed by atoms with van der Waals surface area (Å²) in [5, 5.41) is 10.6. The molecule has 0 aliphatic rings. The van der Waals surface area contributed by atoms with Gasteiger partial charge in [0.15, 0.2) is 12.2 Å². The van der Waals surface area contributed by atoms with Crippen LogP contribution < -0.4 is 0 Å². The summed E-state index contributed by atoms with van der Waals surface area (Å²) in [7, 11) is -9.89. The molecule has 552 valence electrons. The maximum Gasteiger partial charge on any atom is 0.472 e. The fourth-order valence-corrected chi connectivity index (χ4v) is 12.9. The molecule has 0 aromatic rings. The second kappa shape index (κ2) is 67.3. The molecule has 2 unspecified atom stereocenters. The molecule has 0 amide bonds. The normalized spacial score (nSPS) is 14.0. The lowest BCUT2D eigenvalue weighted by atomic mass is 10.0. The van der Waals surface area contributed by atoms with E-state index in [-0.39, 0.29) is 25.7 Å². The van der Waals surface area contributed by atoms with Gasteiger partial charge in [0.25, 0.3) is 0 Å². The molecule has 0 aromatic heterocycles. The zero-order chi connectivity index (χ0) is 68.4. The minimum absolute atomic E-state index is 0.107. The van der Waals surface area contributed by atoms with E-state index in [1.807, 2.05) is 0 Å². The molecule has 0 bridgehead atoms. The zero-order valence-electron chi connectivity index (χ0n) is 60.4. The summed E-state index contributed by atoms with van der Waals surface area (Å²) < 4.78 is 68.2. The molecule has 0 saturated carbocycles. The van der Waals surface area contributed by atoms with Crippen molar-refractivity contribution in [3.8, 4) is 0 Å². The standard InChI is InChI=1S/C74H144O17P2/c1-6-9-12-15-17-19-21-23-28-32-36-39-43-48-53-58-72(77)85-64-70(91-74(79)60-55-50-45-41-37-33-30-27-25-24-26-29-31-34-38-42-47-51-56-67(4)5)66-89-93(82,83)87-62-68(75)61-86-92(80,81)88-65-69(63-84-71(76)57-52-46-14-11-8-3)90-73(78)59-54-49-44-40-35-22-20-18-16-13-10-7-2/h67-70,75H,6-66H2,1-5H3,(H,80,81)(H,82,83)/t68-,69+,70+/m0/s1. The van der Waals surface area contributed by atoms with Gasteiger partial charge in [0, 0.05) is 25.7 Å². The molecule has 17 nitrogen and oxygen atoms in total. The number of rotatable bonds is 74. The van der Waals surface area contributed by atoms with Crippen molar-refractivity contribution in [1.82, 2.24) is 0 Å². The van der Waals surface area contributed by atoms with Gasteiger partial charge in [-0.3, -0.25) is 37.3 Å². The topological polar surface area (TPSA) is 237 Å². The minimum atomic E-state index is -4.95. The quantitative estimate of drug-likeness (QED) is 0.0222. The van der Waals surface area contributed by atoms with E-state index in [4.69, 9.17) is 37.0 Å². The predicted octanol–water partition coefficient (Wildman–Crippen LogP) is 21.7. The average molecular weight is 1370 g/mol. The third-order valence-electron chi connectivity index (χ3n) is 17.3. The first-order valence-corrected chi connectivity index (χ1v) is 41.6. The number of ether oxygens (including phenoxy) is 4. The summed E-state index contributed by atoms with van der Waals surface area (Å²) in [6.07, 6.45) is 55.9. The highest BCUT2D eigenvalue weighted by atomic mass is 31.2. The Bertz CT molecular complexity index is 1790. The SMILES string of the molecule is CCCCCCCCCCCCCCCCCC(=O)OC[C@H](COP(=O)(O)OC[C@@H](O)COP(=O)(O)OC[C@@H](COC(=O)CCCCCCC)OC(=O)CCCCCCCCCCCCCC)OC(=O)CCCCCCCCCCCCCCCCCCCCC(C)C. The maximum atomic E-state index is 13.1. The molecule has 0 saturated heterocycles. The van der Waals surface area contributed by atoms with Crippen molar-refractivity contribution in [3.63, 3.8) is 0 Å². The Morgan fingerprint density at radius 2 is 0.495 bits per heavy atom. The van der Waals surface area contributed by atoms with Gasteiger partial charge in [-0.25, -0.2) is 9.13 Å². The molecular formula is C74H144O17P2. The lowest BCUT2D eigenvalue weighted by molar-refractivity contribution is -0.161. The second-order valence-electron chi connectivity index (χ2n) is 27.2. The lowest BCUT2D eigenvalue weighted by Gasteiger charge is -2.21. The predicted molar refractivity (Wildman–Crippen MR) is 377 cm³/mol. The first-order chi connectivity index (χ1) is 45.0. The van der Waals surface area contributed by atoms with E-state index in [9.17, 15) is 43.2 Å². The van der Waals surface area contributed by atoms with Crippen LogP contribution in [-0.2, 0) is 65.4 Å². The molecular weight excluding hydrogens is 1220 g/mol. The highest BCUT2D eigenvalue weighted by Crippen LogP contribution is 2.45. The molecule has 19 heteroatoms. The second-order valence-corrected chi connectivity index (χ2v) is 30.1. The Balaban J connectivity index is 5.12. The van der Waals surface area contributed by atoms with Gasteiger partial charge in [-0.1, -0.05) is 336 Å². The Morgan fingerprint density at radius 3 is 0.731 bits per heavy atom. The summed E-state index contributed by atoms with van der Waals surface area (Å²) in [5.74, 6) is -1.31. The van der Waals surface area contributed by atoms with Gasteiger partial charge in [0.05, 0.1) is 26.4 Å². The van der Waals surface area contributed by atoms with E-state index in [2.05, 4.69) is 34.6 Å². The highest BCUT2D eigenvalue weighted by Gasteiger charge is 2.30. The van der Waals surface area contributed by atoms with Crippen molar-refractivity contribution in [2.45, 2.75) is 406 Å². The fraction of sp³-hybridized carbons (Fsp3) is 0.946. The third-order valence-corrected chi connectivity index (χ3v) is 19.2. The van der Waals surface area contributed by atoms with Crippen LogP contribution in [0.15, 0.2) is 0 Å². The summed E-state index contributed by atoms with van der Waals surface area (Å²) in [6.45, 7) is 7.23. The van der Waals surface area contributed by atoms with Gasteiger partial charge in [-0.2, -0.15) is 0 Å². The van der Waals surface area contributed by atoms with Crippen LogP contribution in [0.25, 0.3) is 0 Å². The van der Waals surface area contributed by atoms with Gasteiger partial charge >= 0.3 is 39.5 Å². The van der Waals surface area contributed by atoms with Gasteiger partial charge < -0.3 is 33.8 Å². The summed E-state index contributed by atoms with van der Waals surface area (Å²) in [4.78, 5) is 72.4. The Kier molecular flexibility index (Phi) is 65.9. The van der Waals surface area contributed by atoms with Crippen molar-refractivity contribution >= 4 is 39.5 Å². The Hall–Kier alpha value is -1.94. The average Bonchev–Trinajstić information content (AvgIpc) is 1.96. The fourth-order valence-electron chi connectivity index (χ4n) is 11.4. The zero-order valence-corrected chi connectivity index (χ0v) is 62.2. The van der Waals surface area contributed by atoms with Crippen LogP contribution in [-0.4, -0.2) is 96.7 Å². The number of unbranched alkanes of at least 4 members (excludes halogenated alkanes) is 46. The van der Waals surface area contributed by atoms with Gasteiger partial charge in [0.1, 0.15) is 19.3 Å². The highest BCUT2D eigenvalue weighted by molar-refractivity contribution is 7.47. The lowest BCUT2D eigenvalue weighted by Crippen LogP contribution is -2.30. The molecule has 0 aliphatic carbocycles. The Morgan fingerprint density at radius 1 is 0.290 bits per heavy atom. The van der Waals surface area contributed by atoms with Crippen LogP contribution in [0.5, 0.6) is 0 Å². The van der Waals surface area contributed by atoms with Crippen molar-refractivity contribution in [3.05, 3.63) is 0 Å². The van der Waals surface area contributed by atoms with Crippen LogP contribution in [0.4, 0.5) is 0 Å². The van der Waals surface area contributed by atoms with Crippen LogP contribution in [0.1, 0.15) is 388 Å². The number of carbonyl (C=O) groups excluding carboxylic acids is 4. The number of hydrogen-bond donors (Lipinski definition) is 3. The largest absolute Gasteiger partial charge is 0.472 e. The minimum Gasteiger partial charge on any atom is -0.462 e. The molecule has 0 heterocycles. The van der Waals surface area contributed by atoms with Gasteiger partial charge in [0.2, 0.25) is 0 Å². The van der Waals surface area contributed by atoms with E-state index in [1.165, 1.54) is 205 Å². The van der Waals surface area contributed by atoms with Gasteiger partial charge in [-0.05, 0) is 31.6 Å². The maximum absolute atomic E-state index is 13.1. The van der Waals surface area contributed by atoms with Crippen molar-refractivity contribution < 1.29 is 80.2 Å². The number of phosphoric ester groups is 2. The van der Waals surface area contributed by atoms with E-state index in [0.29, 0.717) is 25.7 Å². The molecule has 0 fully saturated rings. The molecule has 0 aromatic carbocycles. The molecule has 93 heavy (non-hydrogen) atoms. The summed E-state index contributed by atoms with van der Waals surface area (Å²) in [6, 6.07) is 0. The number of esters is 4. The number of phosphoric acid groups is 2. The van der Waals surface area contributed by atoms with Crippen LogP contribution in [0.3, 0.4) is 0 Å². The molecule has 0 rings (SSSR count). The van der Waals surface area contributed by atoms with E-state index < -0.39 is 97.5 Å². The molecule has 3 N–H and O–H groups in total. The summed E-state index contributed by atoms with van der Waals surface area (Å²) in [5.41, 5.74) is 0. The van der Waals surface area contributed by atoms with E-state index in [1.54, 1.807) is 0 Å². The molecule has 0 aliphatic heterocycles. The third kappa shape index (κ3) is 68.4. The van der Waals surface area contributed by atoms with Gasteiger partial charge in [-0.15, -0.1) is 0 Å².